The maximum atomic E-state index is 13.7. The maximum Gasteiger partial charge on any atom is 0.128 e. The highest BCUT2D eigenvalue weighted by atomic mass is 19.1. The van der Waals surface area contributed by atoms with Crippen LogP contribution in [0.15, 0.2) is 18.2 Å². The Morgan fingerprint density at radius 2 is 2.12 bits per heavy atom. The highest BCUT2D eigenvalue weighted by Crippen LogP contribution is 2.22. The van der Waals surface area contributed by atoms with Gasteiger partial charge in [-0.05, 0) is 33.0 Å². The molecule has 2 N–H and O–H groups in total. The number of halogens is 1. The van der Waals surface area contributed by atoms with Gasteiger partial charge in [0.05, 0.1) is 0 Å². The second-order valence-electron chi connectivity index (χ2n) is 4.26. The summed E-state index contributed by atoms with van der Waals surface area (Å²) in [5.41, 5.74) is 7.52. The van der Waals surface area contributed by atoms with Crippen molar-refractivity contribution < 1.29 is 4.39 Å². The van der Waals surface area contributed by atoms with E-state index in [-0.39, 0.29) is 11.9 Å². The molecule has 0 aromatic heterocycles. The summed E-state index contributed by atoms with van der Waals surface area (Å²) >= 11 is 0. The molecule has 0 spiro atoms. The van der Waals surface area contributed by atoms with Gasteiger partial charge in [0.25, 0.3) is 0 Å². The zero-order valence-corrected chi connectivity index (χ0v) is 10.3. The van der Waals surface area contributed by atoms with Crippen molar-refractivity contribution in [3.63, 3.8) is 0 Å². The Kier molecular flexibility index (Phi) is 4.90. The quantitative estimate of drug-likeness (QED) is 0.832. The molecule has 1 unspecified atom stereocenters. The summed E-state index contributed by atoms with van der Waals surface area (Å²) in [7, 11) is 1.99. The third kappa shape index (κ3) is 3.03. The third-order valence-electron chi connectivity index (χ3n) is 2.84. The zero-order chi connectivity index (χ0) is 12.1. The topological polar surface area (TPSA) is 29.3 Å². The second kappa shape index (κ2) is 5.97. The molecule has 0 aliphatic heterocycles. The SMILES string of the molecule is CCCN(C)C(CN)c1cc(C)ccc1F. The van der Waals surface area contributed by atoms with Gasteiger partial charge < -0.3 is 5.73 Å². The van der Waals surface area contributed by atoms with Crippen LogP contribution in [0.2, 0.25) is 0 Å². The van der Waals surface area contributed by atoms with E-state index in [2.05, 4.69) is 11.8 Å². The summed E-state index contributed by atoms with van der Waals surface area (Å²) < 4.78 is 13.7. The molecule has 0 saturated heterocycles. The standard InChI is InChI=1S/C13H21FN2/c1-4-7-16(3)13(9-15)11-8-10(2)5-6-12(11)14/h5-6,8,13H,4,7,9,15H2,1-3H3. The molecule has 0 aliphatic rings. The molecule has 1 rings (SSSR count). The number of rotatable bonds is 5. The molecule has 0 bridgehead atoms. The van der Waals surface area contributed by atoms with Crippen LogP contribution in [-0.4, -0.2) is 25.0 Å². The van der Waals surface area contributed by atoms with Crippen LogP contribution >= 0.6 is 0 Å². The lowest BCUT2D eigenvalue weighted by molar-refractivity contribution is 0.245. The normalized spacial score (nSPS) is 13.1. The lowest BCUT2D eigenvalue weighted by atomic mass is 10.0. The van der Waals surface area contributed by atoms with Crippen LogP contribution in [0.4, 0.5) is 4.39 Å². The summed E-state index contributed by atoms with van der Waals surface area (Å²) in [6, 6.07) is 5.16. The summed E-state index contributed by atoms with van der Waals surface area (Å²) in [6.07, 6.45) is 1.04. The molecule has 90 valence electrons. The minimum atomic E-state index is -0.163. The Bertz CT molecular complexity index is 339. The number of benzene rings is 1. The molecular formula is C13H21FN2. The van der Waals surface area contributed by atoms with Crippen molar-refractivity contribution >= 4 is 0 Å². The molecule has 0 aliphatic carbocycles. The molecule has 2 nitrogen and oxygen atoms in total. The first-order valence-electron chi connectivity index (χ1n) is 5.76. The van der Waals surface area contributed by atoms with Crippen molar-refractivity contribution in [2.75, 3.05) is 20.1 Å². The average molecular weight is 224 g/mol. The highest BCUT2D eigenvalue weighted by Gasteiger charge is 2.18. The number of likely N-dealkylation sites (N-methyl/N-ethyl adjacent to an activating group) is 1. The van der Waals surface area contributed by atoms with Crippen molar-refractivity contribution in [3.05, 3.63) is 35.1 Å². The van der Waals surface area contributed by atoms with Gasteiger partial charge in [0.1, 0.15) is 5.82 Å². The van der Waals surface area contributed by atoms with Gasteiger partial charge in [0.15, 0.2) is 0 Å². The molecule has 16 heavy (non-hydrogen) atoms. The van der Waals surface area contributed by atoms with Crippen molar-refractivity contribution in [3.8, 4) is 0 Å². The molecule has 0 radical (unpaired) electrons. The van der Waals surface area contributed by atoms with Gasteiger partial charge in [-0.2, -0.15) is 0 Å². The van der Waals surface area contributed by atoms with Gasteiger partial charge in [-0.3, -0.25) is 4.90 Å². The fourth-order valence-electron chi connectivity index (χ4n) is 1.97. The first kappa shape index (κ1) is 13.1. The van der Waals surface area contributed by atoms with Crippen molar-refractivity contribution in [2.45, 2.75) is 26.3 Å². The number of hydrogen-bond donors (Lipinski definition) is 1. The molecule has 3 heteroatoms. The van der Waals surface area contributed by atoms with Crippen LogP contribution in [0.25, 0.3) is 0 Å². The Morgan fingerprint density at radius 1 is 1.44 bits per heavy atom. The van der Waals surface area contributed by atoms with Gasteiger partial charge in [-0.15, -0.1) is 0 Å². The largest absolute Gasteiger partial charge is 0.329 e. The van der Waals surface area contributed by atoms with Crippen LogP contribution in [0, 0.1) is 12.7 Å². The minimum Gasteiger partial charge on any atom is -0.329 e. The molecule has 0 saturated carbocycles. The second-order valence-corrected chi connectivity index (χ2v) is 4.26. The predicted octanol–water partition coefficient (Wildman–Crippen LogP) is 2.48. The molecule has 0 heterocycles. The molecule has 1 aromatic carbocycles. The summed E-state index contributed by atoms with van der Waals surface area (Å²) in [6.45, 7) is 5.44. The van der Waals surface area contributed by atoms with Crippen LogP contribution in [0.1, 0.15) is 30.5 Å². The number of nitrogens with zero attached hydrogens (tertiary/aromatic N) is 1. The fraction of sp³-hybridized carbons (Fsp3) is 0.538. The zero-order valence-electron chi connectivity index (χ0n) is 10.3. The monoisotopic (exact) mass is 224 g/mol. The Morgan fingerprint density at radius 3 is 2.69 bits per heavy atom. The molecule has 1 atom stereocenters. The molecule has 1 aromatic rings. The molecule has 0 fully saturated rings. The number of aryl methyl sites for hydroxylation is 1. The van der Waals surface area contributed by atoms with Crippen LogP contribution in [-0.2, 0) is 0 Å². The van der Waals surface area contributed by atoms with Crippen LogP contribution in [0.5, 0.6) is 0 Å². The third-order valence-corrected chi connectivity index (χ3v) is 2.84. The van der Waals surface area contributed by atoms with E-state index in [1.807, 2.05) is 20.0 Å². The van der Waals surface area contributed by atoms with E-state index in [0.717, 1.165) is 18.5 Å². The predicted molar refractivity (Wildman–Crippen MR) is 65.9 cm³/mol. The van der Waals surface area contributed by atoms with Crippen molar-refractivity contribution in [2.24, 2.45) is 5.73 Å². The first-order chi connectivity index (χ1) is 7.60. The van der Waals surface area contributed by atoms with E-state index in [1.54, 1.807) is 6.07 Å². The van der Waals surface area contributed by atoms with Gasteiger partial charge >= 0.3 is 0 Å². The maximum absolute atomic E-state index is 13.7. The highest BCUT2D eigenvalue weighted by molar-refractivity contribution is 5.27. The van der Waals surface area contributed by atoms with Crippen molar-refractivity contribution in [1.82, 2.24) is 4.90 Å². The van der Waals surface area contributed by atoms with Crippen LogP contribution in [0.3, 0.4) is 0 Å². The average Bonchev–Trinajstić information content (AvgIpc) is 2.24. The van der Waals surface area contributed by atoms with Crippen LogP contribution < -0.4 is 5.73 Å². The summed E-state index contributed by atoms with van der Waals surface area (Å²) in [5.74, 6) is -0.163. The van der Waals surface area contributed by atoms with Gasteiger partial charge in [-0.1, -0.05) is 24.6 Å². The minimum absolute atomic E-state index is 0.0279. The number of nitrogens with two attached hydrogens (primary N) is 1. The van der Waals surface area contributed by atoms with E-state index < -0.39 is 0 Å². The van der Waals surface area contributed by atoms with Gasteiger partial charge in [0.2, 0.25) is 0 Å². The lowest BCUT2D eigenvalue weighted by Gasteiger charge is -2.27. The first-order valence-corrected chi connectivity index (χ1v) is 5.76. The Hall–Kier alpha value is -0.930. The lowest BCUT2D eigenvalue weighted by Crippen LogP contribution is -2.31. The van der Waals surface area contributed by atoms with E-state index in [4.69, 9.17) is 5.73 Å². The van der Waals surface area contributed by atoms with E-state index in [0.29, 0.717) is 12.1 Å². The fourth-order valence-corrected chi connectivity index (χ4v) is 1.97. The molecular weight excluding hydrogens is 203 g/mol. The Balaban J connectivity index is 2.98. The summed E-state index contributed by atoms with van der Waals surface area (Å²) in [5, 5.41) is 0. The van der Waals surface area contributed by atoms with E-state index in [9.17, 15) is 4.39 Å². The van der Waals surface area contributed by atoms with Crippen molar-refractivity contribution in [1.29, 1.82) is 0 Å². The van der Waals surface area contributed by atoms with E-state index in [1.165, 1.54) is 6.07 Å². The molecule has 0 amide bonds. The van der Waals surface area contributed by atoms with E-state index >= 15 is 0 Å². The Labute approximate surface area is 97.3 Å². The van der Waals surface area contributed by atoms with Gasteiger partial charge in [0, 0.05) is 18.2 Å². The smallest absolute Gasteiger partial charge is 0.128 e. The number of hydrogen-bond acceptors (Lipinski definition) is 2. The van der Waals surface area contributed by atoms with Gasteiger partial charge in [-0.25, -0.2) is 4.39 Å². The summed E-state index contributed by atoms with van der Waals surface area (Å²) in [4.78, 5) is 2.11.